The third kappa shape index (κ3) is 4.93. The van der Waals surface area contributed by atoms with Crippen LogP contribution in [0.15, 0.2) is 35.1 Å². The molecule has 4 heterocycles. The van der Waals surface area contributed by atoms with Gasteiger partial charge in [0.1, 0.15) is 11.6 Å². The number of ether oxygens (including phenoxy) is 1. The minimum absolute atomic E-state index is 0.125. The molecule has 3 aromatic heterocycles. The van der Waals surface area contributed by atoms with Crippen LogP contribution in [0.3, 0.4) is 0 Å². The van der Waals surface area contributed by atoms with Gasteiger partial charge in [-0.3, -0.25) is 9.78 Å². The maximum absolute atomic E-state index is 11.5. The molecule has 0 spiro atoms. The lowest BCUT2D eigenvalue weighted by atomic mass is 9.96. The Morgan fingerprint density at radius 3 is 2.77 bits per heavy atom. The summed E-state index contributed by atoms with van der Waals surface area (Å²) in [7, 11) is 0. The highest BCUT2D eigenvalue weighted by Crippen LogP contribution is 2.34. The van der Waals surface area contributed by atoms with Crippen LogP contribution in [-0.4, -0.2) is 43.2 Å². The molecule has 1 fully saturated rings. The summed E-state index contributed by atoms with van der Waals surface area (Å²) in [5.41, 5.74) is 0.920. The number of carbonyl (C=O) groups is 1. The molecule has 1 saturated heterocycles. The molecule has 0 atom stereocenters. The number of amides is 1. The van der Waals surface area contributed by atoms with Crippen molar-refractivity contribution >= 4 is 44.3 Å². The van der Waals surface area contributed by atoms with Crippen LogP contribution in [0.5, 0.6) is 11.5 Å². The van der Waals surface area contributed by atoms with Crippen LogP contribution in [0.1, 0.15) is 37.2 Å². The average molecular weight is 489 g/mol. The number of anilines is 2. The Balaban J connectivity index is 1.47. The van der Waals surface area contributed by atoms with Crippen molar-refractivity contribution < 1.29 is 9.53 Å². The Kier molecular flexibility index (Phi) is 6.24. The Hall–Kier alpha value is -2.59. The van der Waals surface area contributed by atoms with Crippen LogP contribution in [0, 0.1) is 6.92 Å². The number of pyridine rings is 2. The van der Waals surface area contributed by atoms with Crippen LogP contribution in [-0.2, 0) is 4.79 Å². The normalized spacial score (nSPS) is 14.6. The van der Waals surface area contributed by atoms with Gasteiger partial charge in [-0.2, -0.15) is 4.37 Å². The number of halogens is 1. The SMILES string of the molecule is CC(=O)N1CCC(c2nsc(Nc3ncc(Br)cc3Oc3ccc(C)nc3)n2)CC1. The van der Waals surface area contributed by atoms with E-state index in [4.69, 9.17) is 4.74 Å². The molecule has 1 aliphatic heterocycles. The first kappa shape index (κ1) is 20.7. The zero-order chi connectivity index (χ0) is 21.1. The van der Waals surface area contributed by atoms with Gasteiger partial charge in [0.2, 0.25) is 11.0 Å². The van der Waals surface area contributed by atoms with Crippen molar-refractivity contribution in [2.75, 3.05) is 18.4 Å². The minimum atomic E-state index is 0.125. The summed E-state index contributed by atoms with van der Waals surface area (Å²) in [5, 5.41) is 3.87. The molecule has 0 saturated carbocycles. The summed E-state index contributed by atoms with van der Waals surface area (Å²) in [4.78, 5) is 26.7. The predicted molar refractivity (Wildman–Crippen MR) is 118 cm³/mol. The van der Waals surface area contributed by atoms with Gasteiger partial charge in [-0.25, -0.2) is 9.97 Å². The second-order valence-electron chi connectivity index (χ2n) is 7.10. The molecule has 3 aromatic rings. The lowest BCUT2D eigenvalue weighted by molar-refractivity contribution is -0.129. The standard InChI is InChI=1S/C20H21BrN6O2S/c1-12-3-4-16(11-22-12)29-17-9-15(21)10-23-19(17)25-20-24-18(26-30-20)14-5-7-27(8-6-14)13(2)28/h3-4,9-11,14H,5-8H2,1-2H3,(H,23,24,25,26). The van der Waals surface area contributed by atoms with Gasteiger partial charge in [-0.05, 0) is 47.8 Å². The highest BCUT2D eigenvalue weighted by atomic mass is 79.9. The topological polar surface area (TPSA) is 93.1 Å². The highest BCUT2D eigenvalue weighted by molar-refractivity contribution is 9.10. The Morgan fingerprint density at radius 1 is 1.27 bits per heavy atom. The fraction of sp³-hybridized carbons (Fsp3) is 0.350. The maximum Gasteiger partial charge on any atom is 0.219 e. The molecule has 1 aliphatic rings. The van der Waals surface area contributed by atoms with Crippen molar-refractivity contribution in [3.8, 4) is 11.5 Å². The number of aryl methyl sites for hydroxylation is 1. The van der Waals surface area contributed by atoms with E-state index < -0.39 is 0 Å². The van der Waals surface area contributed by atoms with Gasteiger partial charge >= 0.3 is 0 Å². The van der Waals surface area contributed by atoms with Crippen molar-refractivity contribution in [3.05, 3.63) is 46.6 Å². The minimum Gasteiger partial charge on any atom is -0.452 e. The molecule has 156 valence electrons. The van der Waals surface area contributed by atoms with Gasteiger partial charge < -0.3 is 15.0 Å². The lowest BCUT2D eigenvalue weighted by Crippen LogP contribution is -2.36. The third-order valence-corrected chi connectivity index (χ3v) is 5.98. The van der Waals surface area contributed by atoms with Gasteiger partial charge in [0, 0.05) is 59.9 Å². The number of aromatic nitrogens is 4. The Bertz CT molecular complexity index is 1030. The van der Waals surface area contributed by atoms with Crippen LogP contribution >= 0.6 is 27.5 Å². The molecular weight excluding hydrogens is 468 g/mol. The molecule has 4 rings (SSSR count). The van der Waals surface area contributed by atoms with E-state index in [1.54, 1.807) is 19.3 Å². The number of carbonyl (C=O) groups excluding carboxylic acids is 1. The van der Waals surface area contributed by atoms with E-state index in [0.717, 1.165) is 41.9 Å². The average Bonchev–Trinajstić information content (AvgIpc) is 3.20. The zero-order valence-electron chi connectivity index (χ0n) is 16.6. The first-order valence-electron chi connectivity index (χ1n) is 9.60. The summed E-state index contributed by atoms with van der Waals surface area (Å²) in [6.45, 7) is 5.03. The largest absolute Gasteiger partial charge is 0.452 e. The molecule has 0 radical (unpaired) electrons. The van der Waals surface area contributed by atoms with Crippen LogP contribution in [0.2, 0.25) is 0 Å². The van der Waals surface area contributed by atoms with Crippen molar-refractivity contribution in [2.45, 2.75) is 32.6 Å². The molecule has 8 nitrogen and oxygen atoms in total. The van der Waals surface area contributed by atoms with E-state index in [0.29, 0.717) is 22.4 Å². The third-order valence-electron chi connectivity index (χ3n) is 4.90. The summed E-state index contributed by atoms with van der Waals surface area (Å²) in [5.74, 6) is 2.93. The zero-order valence-corrected chi connectivity index (χ0v) is 19.0. The van der Waals surface area contributed by atoms with Crippen molar-refractivity contribution in [1.82, 2.24) is 24.2 Å². The van der Waals surface area contributed by atoms with Crippen LogP contribution in [0.4, 0.5) is 10.9 Å². The molecule has 0 aromatic carbocycles. The summed E-state index contributed by atoms with van der Waals surface area (Å²) >= 11 is 4.73. The first-order valence-corrected chi connectivity index (χ1v) is 11.2. The number of hydrogen-bond acceptors (Lipinski definition) is 8. The Labute approximate surface area is 187 Å². The second-order valence-corrected chi connectivity index (χ2v) is 8.77. The second kappa shape index (κ2) is 9.05. The van der Waals surface area contributed by atoms with Gasteiger partial charge in [0.05, 0.1) is 6.20 Å². The fourth-order valence-corrected chi connectivity index (χ4v) is 4.20. The molecule has 0 aliphatic carbocycles. The van der Waals surface area contributed by atoms with E-state index in [2.05, 4.69) is 40.6 Å². The van der Waals surface area contributed by atoms with Crippen LogP contribution in [0.25, 0.3) is 0 Å². The van der Waals surface area contributed by atoms with Gasteiger partial charge in [0.25, 0.3) is 0 Å². The molecule has 1 amide bonds. The Morgan fingerprint density at radius 2 is 2.07 bits per heavy atom. The monoisotopic (exact) mass is 488 g/mol. The lowest BCUT2D eigenvalue weighted by Gasteiger charge is -2.29. The maximum atomic E-state index is 11.5. The number of rotatable bonds is 5. The number of piperidine rings is 1. The smallest absolute Gasteiger partial charge is 0.219 e. The summed E-state index contributed by atoms with van der Waals surface area (Å²) in [6.07, 6.45) is 5.13. The quantitative estimate of drug-likeness (QED) is 0.557. The molecule has 1 N–H and O–H groups in total. The fourth-order valence-electron chi connectivity index (χ4n) is 3.24. The highest BCUT2D eigenvalue weighted by Gasteiger charge is 2.25. The van der Waals surface area contributed by atoms with E-state index in [9.17, 15) is 4.79 Å². The van der Waals surface area contributed by atoms with Gasteiger partial charge in [-0.1, -0.05) is 0 Å². The van der Waals surface area contributed by atoms with Crippen molar-refractivity contribution in [1.29, 1.82) is 0 Å². The molecule has 0 unspecified atom stereocenters. The molecular formula is C20H21BrN6O2S. The first-order chi connectivity index (χ1) is 14.5. The predicted octanol–water partition coefficient (Wildman–Crippen LogP) is 4.66. The van der Waals surface area contributed by atoms with E-state index in [1.807, 2.05) is 30.0 Å². The number of hydrogen-bond donors (Lipinski definition) is 1. The van der Waals surface area contributed by atoms with E-state index >= 15 is 0 Å². The number of nitrogens with one attached hydrogen (secondary N) is 1. The van der Waals surface area contributed by atoms with Gasteiger partial charge in [0.15, 0.2) is 11.6 Å². The molecule has 0 bridgehead atoms. The van der Waals surface area contributed by atoms with E-state index in [-0.39, 0.29) is 11.8 Å². The van der Waals surface area contributed by atoms with E-state index in [1.165, 1.54) is 11.5 Å². The molecule has 10 heteroatoms. The van der Waals surface area contributed by atoms with Crippen molar-refractivity contribution in [2.24, 2.45) is 0 Å². The summed E-state index contributed by atoms with van der Waals surface area (Å²) < 4.78 is 11.3. The summed E-state index contributed by atoms with van der Waals surface area (Å²) in [6, 6.07) is 5.60. The molecule has 30 heavy (non-hydrogen) atoms. The number of nitrogens with zero attached hydrogens (tertiary/aromatic N) is 5. The van der Waals surface area contributed by atoms with Crippen molar-refractivity contribution in [3.63, 3.8) is 0 Å². The van der Waals surface area contributed by atoms with Crippen LogP contribution < -0.4 is 10.1 Å². The van der Waals surface area contributed by atoms with Gasteiger partial charge in [-0.15, -0.1) is 0 Å². The number of likely N-dealkylation sites (tertiary alicyclic amines) is 1.